The van der Waals surface area contributed by atoms with Gasteiger partial charge in [-0.15, -0.1) is 0 Å². The topological polar surface area (TPSA) is 43.8 Å². The first kappa shape index (κ1) is 12.4. The molecular weight excluding hydrogens is 228 g/mol. The molecule has 102 valence electrons. The van der Waals surface area contributed by atoms with E-state index in [1.165, 1.54) is 38.5 Å². The van der Waals surface area contributed by atoms with Crippen LogP contribution in [-0.4, -0.2) is 58.6 Å². The maximum absolute atomic E-state index is 11.9. The summed E-state index contributed by atoms with van der Waals surface area (Å²) >= 11 is 0. The van der Waals surface area contributed by atoms with E-state index in [9.17, 15) is 9.90 Å². The molecule has 0 aromatic rings. The van der Waals surface area contributed by atoms with Crippen molar-refractivity contribution >= 4 is 5.97 Å². The highest BCUT2D eigenvalue weighted by molar-refractivity contribution is 5.79. The van der Waals surface area contributed by atoms with Gasteiger partial charge in [0.25, 0.3) is 0 Å². The first-order valence-electron chi connectivity index (χ1n) is 7.45. The summed E-state index contributed by atoms with van der Waals surface area (Å²) in [7, 11) is 0. The van der Waals surface area contributed by atoms with E-state index < -0.39 is 11.5 Å². The average molecular weight is 252 g/mol. The standard InChI is InChI=1S/C14H24N2O2/c17-13(18)14(16-8-3-1-2-4-9-16)7-10-15(11-14)12-5-6-12/h12H,1-11H2,(H,17,18). The SMILES string of the molecule is O=C(O)C1(N2CCCCCC2)CCN(C2CC2)C1. The molecule has 1 atom stereocenters. The number of carboxylic acids is 1. The predicted octanol–water partition coefficient (Wildman–Crippen LogP) is 1.55. The molecule has 1 unspecified atom stereocenters. The second-order valence-corrected chi connectivity index (χ2v) is 6.19. The minimum atomic E-state index is -0.590. The van der Waals surface area contributed by atoms with E-state index in [4.69, 9.17) is 0 Å². The molecule has 0 spiro atoms. The number of nitrogens with zero attached hydrogens (tertiary/aromatic N) is 2. The quantitative estimate of drug-likeness (QED) is 0.828. The Kier molecular flexibility index (Phi) is 3.32. The predicted molar refractivity (Wildman–Crippen MR) is 69.6 cm³/mol. The zero-order valence-electron chi connectivity index (χ0n) is 11.1. The Morgan fingerprint density at radius 3 is 2.28 bits per heavy atom. The average Bonchev–Trinajstić information content (AvgIpc) is 3.15. The molecule has 3 aliphatic rings. The molecule has 0 amide bonds. The van der Waals surface area contributed by atoms with Crippen molar-refractivity contribution in [2.75, 3.05) is 26.2 Å². The molecule has 0 aromatic carbocycles. The third-order valence-electron chi connectivity index (χ3n) is 4.95. The minimum Gasteiger partial charge on any atom is -0.480 e. The number of carbonyl (C=O) groups is 1. The largest absolute Gasteiger partial charge is 0.480 e. The summed E-state index contributed by atoms with van der Waals surface area (Å²) in [6.45, 7) is 3.69. The zero-order chi connectivity index (χ0) is 12.6. The Balaban J connectivity index is 1.75. The van der Waals surface area contributed by atoms with Gasteiger partial charge < -0.3 is 5.11 Å². The van der Waals surface area contributed by atoms with Gasteiger partial charge in [0.2, 0.25) is 0 Å². The van der Waals surface area contributed by atoms with Gasteiger partial charge in [-0.2, -0.15) is 0 Å². The van der Waals surface area contributed by atoms with Crippen LogP contribution in [0.1, 0.15) is 44.9 Å². The van der Waals surface area contributed by atoms with Gasteiger partial charge in [0.1, 0.15) is 5.54 Å². The highest BCUT2D eigenvalue weighted by Crippen LogP contribution is 2.37. The fourth-order valence-corrected chi connectivity index (χ4v) is 3.64. The summed E-state index contributed by atoms with van der Waals surface area (Å²) in [6, 6.07) is 0.693. The maximum Gasteiger partial charge on any atom is 0.325 e. The smallest absolute Gasteiger partial charge is 0.325 e. The van der Waals surface area contributed by atoms with Crippen molar-refractivity contribution in [3.05, 3.63) is 0 Å². The fourth-order valence-electron chi connectivity index (χ4n) is 3.64. The Morgan fingerprint density at radius 2 is 1.72 bits per heavy atom. The number of hydrogen-bond donors (Lipinski definition) is 1. The second kappa shape index (κ2) is 4.82. The Labute approximate surface area is 109 Å². The van der Waals surface area contributed by atoms with Crippen LogP contribution in [-0.2, 0) is 4.79 Å². The van der Waals surface area contributed by atoms with E-state index in [0.29, 0.717) is 6.04 Å². The zero-order valence-corrected chi connectivity index (χ0v) is 11.1. The van der Waals surface area contributed by atoms with Gasteiger partial charge in [-0.25, -0.2) is 0 Å². The van der Waals surface area contributed by atoms with Gasteiger partial charge in [0, 0.05) is 19.1 Å². The van der Waals surface area contributed by atoms with Crippen LogP contribution in [0, 0.1) is 0 Å². The lowest BCUT2D eigenvalue weighted by Gasteiger charge is -2.37. The monoisotopic (exact) mass is 252 g/mol. The lowest BCUT2D eigenvalue weighted by Crippen LogP contribution is -2.56. The Morgan fingerprint density at radius 1 is 1.06 bits per heavy atom. The number of rotatable bonds is 3. The molecule has 3 fully saturated rings. The summed E-state index contributed by atoms with van der Waals surface area (Å²) in [5.41, 5.74) is -0.576. The van der Waals surface area contributed by atoms with Crippen LogP contribution < -0.4 is 0 Å². The van der Waals surface area contributed by atoms with Crippen molar-refractivity contribution < 1.29 is 9.90 Å². The molecule has 1 saturated carbocycles. The normalized spacial score (nSPS) is 35.6. The van der Waals surface area contributed by atoms with Crippen molar-refractivity contribution in [3.63, 3.8) is 0 Å². The number of hydrogen-bond acceptors (Lipinski definition) is 3. The molecule has 3 rings (SSSR count). The van der Waals surface area contributed by atoms with Crippen LogP contribution in [0.15, 0.2) is 0 Å². The van der Waals surface area contributed by atoms with Crippen molar-refractivity contribution in [1.29, 1.82) is 0 Å². The molecule has 18 heavy (non-hydrogen) atoms. The molecule has 4 nitrogen and oxygen atoms in total. The van der Waals surface area contributed by atoms with Crippen molar-refractivity contribution in [2.45, 2.75) is 56.5 Å². The molecule has 2 aliphatic heterocycles. The summed E-state index contributed by atoms with van der Waals surface area (Å²) < 4.78 is 0. The molecule has 1 N–H and O–H groups in total. The number of likely N-dealkylation sites (tertiary alicyclic amines) is 2. The van der Waals surface area contributed by atoms with E-state index in [1.807, 2.05) is 0 Å². The van der Waals surface area contributed by atoms with E-state index in [0.717, 1.165) is 32.6 Å². The summed E-state index contributed by atoms with van der Waals surface area (Å²) in [4.78, 5) is 16.6. The molecule has 2 saturated heterocycles. The highest BCUT2D eigenvalue weighted by Gasteiger charge is 2.51. The van der Waals surface area contributed by atoms with Crippen LogP contribution in [0.4, 0.5) is 0 Å². The lowest BCUT2D eigenvalue weighted by molar-refractivity contribution is -0.151. The Hall–Kier alpha value is -0.610. The third kappa shape index (κ3) is 2.16. The molecular formula is C14H24N2O2. The van der Waals surface area contributed by atoms with Crippen LogP contribution >= 0.6 is 0 Å². The van der Waals surface area contributed by atoms with Crippen LogP contribution in [0.25, 0.3) is 0 Å². The first-order valence-corrected chi connectivity index (χ1v) is 7.45. The fraction of sp³-hybridized carbons (Fsp3) is 0.929. The Bertz CT molecular complexity index is 322. The lowest BCUT2D eigenvalue weighted by atomic mass is 9.95. The van der Waals surface area contributed by atoms with Crippen molar-refractivity contribution in [2.24, 2.45) is 0 Å². The third-order valence-corrected chi connectivity index (χ3v) is 4.95. The molecule has 1 aliphatic carbocycles. The first-order chi connectivity index (χ1) is 8.72. The number of carboxylic acid groups (broad SMARTS) is 1. The van der Waals surface area contributed by atoms with Crippen LogP contribution in [0.3, 0.4) is 0 Å². The van der Waals surface area contributed by atoms with Crippen LogP contribution in [0.2, 0.25) is 0 Å². The summed E-state index contributed by atoms with van der Waals surface area (Å²) in [5.74, 6) is -0.590. The minimum absolute atomic E-state index is 0.576. The highest BCUT2D eigenvalue weighted by atomic mass is 16.4. The van der Waals surface area contributed by atoms with Gasteiger partial charge in [-0.05, 0) is 45.2 Å². The van der Waals surface area contributed by atoms with Gasteiger partial charge in [-0.3, -0.25) is 14.6 Å². The van der Waals surface area contributed by atoms with E-state index >= 15 is 0 Å². The van der Waals surface area contributed by atoms with Crippen molar-refractivity contribution in [1.82, 2.24) is 9.80 Å². The van der Waals surface area contributed by atoms with Gasteiger partial charge in [-0.1, -0.05) is 12.8 Å². The molecule has 4 heteroatoms. The van der Waals surface area contributed by atoms with Crippen LogP contribution in [0.5, 0.6) is 0 Å². The van der Waals surface area contributed by atoms with Gasteiger partial charge in [0.15, 0.2) is 0 Å². The summed E-state index contributed by atoms with van der Waals surface area (Å²) in [6.07, 6.45) is 8.22. The van der Waals surface area contributed by atoms with E-state index in [1.54, 1.807) is 0 Å². The molecule has 2 heterocycles. The maximum atomic E-state index is 11.9. The second-order valence-electron chi connectivity index (χ2n) is 6.19. The van der Waals surface area contributed by atoms with Gasteiger partial charge >= 0.3 is 5.97 Å². The van der Waals surface area contributed by atoms with Crippen molar-refractivity contribution in [3.8, 4) is 0 Å². The van der Waals surface area contributed by atoms with E-state index in [2.05, 4.69) is 9.80 Å². The molecule has 0 aromatic heterocycles. The summed E-state index contributed by atoms with van der Waals surface area (Å²) in [5, 5.41) is 9.76. The molecule has 0 radical (unpaired) electrons. The number of aliphatic carboxylic acids is 1. The molecule has 0 bridgehead atoms. The van der Waals surface area contributed by atoms with Gasteiger partial charge in [0.05, 0.1) is 0 Å². The van der Waals surface area contributed by atoms with E-state index in [-0.39, 0.29) is 0 Å².